The fraction of sp³-hybridized carbons (Fsp3) is 0.357. The van der Waals surface area contributed by atoms with Gasteiger partial charge in [0, 0.05) is 5.75 Å². The van der Waals surface area contributed by atoms with Gasteiger partial charge in [0.25, 0.3) is 0 Å². The lowest BCUT2D eigenvalue weighted by Crippen LogP contribution is -2.20. The molecule has 1 heterocycles. The lowest BCUT2D eigenvalue weighted by molar-refractivity contribution is -0.141. The minimum absolute atomic E-state index is 0.0690. The number of hydrogen-bond acceptors (Lipinski definition) is 4. The van der Waals surface area contributed by atoms with Crippen LogP contribution in [0.15, 0.2) is 41.7 Å². The van der Waals surface area contributed by atoms with Gasteiger partial charge in [-0.3, -0.25) is 0 Å². The molecular weight excluding hydrogens is 317 g/mol. The van der Waals surface area contributed by atoms with E-state index >= 15 is 0 Å². The molecule has 0 aliphatic rings. The molecule has 2 aromatic rings. The minimum Gasteiger partial charge on any atom is -0.394 e. The van der Waals surface area contributed by atoms with Crippen molar-refractivity contribution in [1.82, 2.24) is 9.55 Å². The van der Waals surface area contributed by atoms with Gasteiger partial charge in [-0.15, -0.1) is 0 Å². The van der Waals surface area contributed by atoms with Crippen LogP contribution in [-0.2, 0) is 6.54 Å². The summed E-state index contributed by atoms with van der Waals surface area (Å²) in [5.74, 6) is 0.0690. The van der Waals surface area contributed by atoms with Crippen molar-refractivity contribution < 1.29 is 23.4 Å². The first-order valence-electron chi connectivity index (χ1n) is 6.50. The van der Waals surface area contributed by atoms with Crippen LogP contribution in [0, 0.1) is 0 Å². The molecule has 0 spiro atoms. The van der Waals surface area contributed by atoms with Gasteiger partial charge >= 0.3 is 6.18 Å². The Bertz CT molecular complexity index is 602. The highest BCUT2D eigenvalue weighted by Crippen LogP contribution is 2.30. The summed E-state index contributed by atoms with van der Waals surface area (Å²) >= 11 is 0.978. The molecule has 0 unspecified atom stereocenters. The number of halogens is 3. The number of aliphatic hydroxyl groups is 2. The Kier molecular flexibility index (Phi) is 5.49. The molecule has 22 heavy (non-hydrogen) atoms. The van der Waals surface area contributed by atoms with E-state index < -0.39 is 25.4 Å². The molecule has 1 atom stereocenters. The summed E-state index contributed by atoms with van der Waals surface area (Å²) in [6, 6.07) is 8.67. The number of imidazole rings is 1. The van der Waals surface area contributed by atoms with Gasteiger partial charge in [0.2, 0.25) is 0 Å². The molecule has 0 amide bonds. The third-order valence-electron chi connectivity index (χ3n) is 2.84. The fourth-order valence-corrected chi connectivity index (χ4v) is 2.76. The Morgan fingerprint density at radius 1 is 1.23 bits per heavy atom. The molecule has 2 rings (SSSR count). The van der Waals surface area contributed by atoms with Crippen LogP contribution in [-0.4, -0.2) is 44.4 Å². The molecule has 1 aromatic carbocycles. The topological polar surface area (TPSA) is 58.3 Å². The van der Waals surface area contributed by atoms with Crippen molar-refractivity contribution in [2.75, 3.05) is 12.4 Å². The first-order chi connectivity index (χ1) is 10.4. The molecule has 1 aromatic heterocycles. The number of benzene rings is 1. The zero-order valence-corrected chi connectivity index (χ0v) is 12.3. The summed E-state index contributed by atoms with van der Waals surface area (Å²) in [7, 11) is 0. The molecule has 0 aliphatic carbocycles. The van der Waals surface area contributed by atoms with E-state index in [0.717, 1.165) is 16.3 Å². The van der Waals surface area contributed by atoms with Gasteiger partial charge in [-0.1, -0.05) is 42.1 Å². The van der Waals surface area contributed by atoms with Crippen molar-refractivity contribution in [3.63, 3.8) is 0 Å². The second-order valence-electron chi connectivity index (χ2n) is 4.64. The Morgan fingerprint density at radius 3 is 2.50 bits per heavy atom. The second-order valence-corrected chi connectivity index (χ2v) is 5.63. The van der Waals surface area contributed by atoms with E-state index in [9.17, 15) is 18.3 Å². The monoisotopic (exact) mass is 332 g/mol. The highest BCUT2D eigenvalue weighted by molar-refractivity contribution is 7.99. The van der Waals surface area contributed by atoms with Crippen LogP contribution >= 0.6 is 11.8 Å². The molecule has 0 bridgehead atoms. The second kappa shape index (κ2) is 7.17. The van der Waals surface area contributed by atoms with Crippen LogP contribution in [0.25, 0.3) is 11.3 Å². The number of hydrogen-bond donors (Lipinski definition) is 2. The first-order valence-corrected chi connectivity index (χ1v) is 7.48. The molecule has 0 saturated carbocycles. The maximum Gasteiger partial charge on any atom is 0.406 e. The molecule has 8 heteroatoms. The van der Waals surface area contributed by atoms with Crippen LogP contribution in [0.1, 0.15) is 0 Å². The van der Waals surface area contributed by atoms with Crippen molar-refractivity contribution in [2.45, 2.75) is 24.0 Å². The zero-order valence-electron chi connectivity index (χ0n) is 11.5. The number of aromatic nitrogens is 2. The number of rotatable bonds is 6. The van der Waals surface area contributed by atoms with Crippen molar-refractivity contribution in [3.05, 3.63) is 36.5 Å². The van der Waals surface area contributed by atoms with Crippen molar-refractivity contribution >= 4 is 11.8 Å². The van der Waals surface area contributed by atoms with E-state index in [1.807, 2.05) is 0 Å². The number of aliphatic hydroxyl groups excluding tert-OH is 2. The fourth-order valence-electron chi connectivity index (χ4n) is 1.87. The molecule has 2 N–H and O–H groups in total. The predicted octanol–water partition coefficient (Wildman–Crippen LogP) is 2.56. The summed E-state index contributed by atoms with van der Waals surface area (Å²) in [4.78, 5) is 4.02. The van der Waals surface area contributed by atoms with Gasteiger partial charge in [-0.2, -0.15) is 13.2 Å². The summed E-state index contributed by atoms with van der Waals surface area (Å²) in [6.45, 7) is -1.60. The largest absolute Gasteiger partial charge is 0.406 e. The van der Waals surface area contributed by atoms with E-state index in [1.54, 1.807) is 30.3 Å². The summed E-state index contributed by atoms with van der Waals surface area (Å²) < 4.78 is 39.5. The van der Waals surface area contributed by atoms with Gasteiger partial charge in [0.15, 0.2) is 5.16 Å². The quantitative estimate of drug-likeness (QED) is 0.798. The normalized spacial score (nSPS) is 13.3. The van der Waals surface area contributed by atoms with Gasteiger partial charge in [-0.25, -0.2) is 4.98 Å². The Balaban J connectivity index is 2.32. The predicted molar refractivity (Wildman–Crippen MR) is 77.5 cm³/mol. The van der Waals surface area contributed by atoms with E-state index in [-0.39, 0.29) is 10.9 Å². The van der Waals surface area contributed by atoms with E-state index in [2.05, 4.69) is 4.98 Å². The Morgan fingerprint density at radius 2 is 1.91 bits per heavy atom. The SMILES string of the molecule is OC[C@H](O)CSc1ncc(-c2ccccc2)n1CC(F)(F)F. The summed E-state index contributed by atoms with van der Waals surface area (Å²) in [5.41, 5.74) is 0.993. The lowest BCUT2D eigenvalue weighted by Gasteiger charge is -2.14. The molecule has 0 radical (unpaired) electrons. The van der Waals surface area contributed by atoms with Gasteiger partial charge < -0.3 is 14.8 Å². The number of alkyl halides is 3. The minimum atomic E-state index is -4.38. The third kappa shape index (κ3) is 4.49. The van der Waals surface area contributed by atoms with Crippen LogP contribution in [0.3, 0.4) is 0 Å². The third-order valence-corrected chi connectivity index (χ3v) is 3.98. The maximum atomic E-state index is 12.8. The molecular formula is C14H15F3N2O2S. The van der Waals surface area contributed by atoms with Crippen molar-refractivity contribution in [1.29, 1.82) is 0 Å². The highest BCUT2D eigenvalue weighted by Gasteiger charge is 2.30. The van der Waals surface area contributed by atoms with Gasteiger partial charge in [-0.05, 0) is 5.56 Å². The Labute approximate surface area is 129 Å². The molecule has 0 fully saturated rings. The standard InChI is InChI=1S/C14H15F3N2O2S/c15-14(16,17)9-19-12(10-4-2-1-3-5-10)6-18-13(19)22-8-11(21)7-20/h1-6,11,20-21H,7-9H2/t11-/m0/s1. The van der Waals surface area contributed by atoms with Crippen LogP contribution in [0.5, 0.6) is 0 Å². The molecule has 4 nitrogen and oxygen atoms in total. The first kappa shape index (κ1) is 16.9. The highest BCUT2D eigenvalue weighted by atomic mass is 32.2. The van der Waals surface area contributed by atoms with Gasteiger partial charge in [0.05, 0.1) is 24.6 Å². The molecule has 120 valence electrons. The van der Waals surface area contributed by atoms with Crippen LogP contribution < -0.4 is 0 Å². The Hall–Kier alpha value is -1.51. The van der Waals surface area contributed by atoms with Crippen LogP contribution in [0.2, 0.25) is 0 Å². The lowest BCUT2D eigenvalue weighted by atomic mass is 10.2. The summed E-state index contributed by atoms with van der Waals surface area (Å²) in [5, 5.41) is 18.3. The van der Waals surface area contributed by atoms with E-state index in [1.165, 1.54) is 6.20 Å². The number of thioether (sulfide) groups is 1. The smallest absolute Gasteiger partial charge is 0.394 e. The maximum absolute atomic E-state index is 12.8. The van der Waals surface area contributed by atoms with Crippen molar-refractivity contribution in [2.24, 2.45) is 0 Å². The zero-order chi connectivity index (χ0) is 16.2. The molecule has 0 saturated heterocycles. The van der Waals surface area contributed by atoms with Crippen molar-refractivity contribution in [3.8, 4) is 11.3 Å². The average molecular weight is 332 g/mol. The van der Waals surface area contributed by atoms with Crippen LogP contribution in [0.4, 0.5) is 13.2 Å². The van der Waals surface area contributed by atoms with E-state index in [4.69, 9.17) is 5.11 Å². The van der Waals surface area contributed by atoms with Gasteiger partial charge in [0.1, 0.15) is 6.54 Å². The molecule has 0 aliphatic heterocycles. The summed E-state index contributed by atoms with van der Waals surface area (Å²) in [6.07, 6.45) is -4.00. The number of nitrogens with zero attached hydrogens (tertiary/aromatic N) is 2. The average Bonchev–Trinajstić information content (AvgIpc) is 2.86. The van der Waals surface area contributed by atoms with E-state index in [0.29, 0.717) is 11.3 Å².